The molecule has 2 heterocycles. The van der Waals surface area contributed by atoms with E-state index in [-0.39, 0.29) is 5.91 Å². The molecule has 0 saturated heterocycles. The summed E-state index contributed by atoms with van der Waals surface area (Å²) in [5, 5.41) is 3.43. The van der Waals surface area contributed by atoms with Gasteiger partial charge in [-0.05, 0) is 30.3 Å². The van der Waals surface area contributed by atoms with Gasteiger partial charge in [0.1, 0.15) is 10.8 Å². The number of rotatable bonds is 0. The summed E-state index contributed by atoms with van der Waals surface area (Å²) in [6.45, 7) is 0. The standard InChI is InChI=1S/C12H7FN2OS/c13-7-3-4-10-8(6-7)11(16)15-9-2-1-5-14-12(9)17-10/h1-6H,(H,15,16). The van der Waals surface area contributed by atoms with Gasteiger partial charge in [0.15, 0.2) is 0 Å². The quantitative estimate of drug-likeness (QED) is 0.777. The predicted molar refractivity (Wildman–Crippen MR) is 62.7 cm³/mol. The third kappa shape index (κ3) is 1.78. The first-order valence-corrected chi connectivity index (χ1v) is 5.79. The Morgan fingerprint density at radius 2 is 2.18 bits per heavy atom. The molecule has 1 aromatic carbocycles. The number of pyridine rings is 1. The normalized spacial score (nSPS) is 13.4. The van der Waals surface area contributed by atoms with Crippen LogP contribution < -0.4 is 5.32 Å². The Balaban J connectivity index is 2.17. The second-order valence-corrected chi connectivity index (χ2v) is 4.58. The fourth-order valence-electron chi connectivity index (χ4n) is 1.63. The third-order valence-corrected chi connectivity index (χ3v) is 3.51. The summed E-state index contributed by atoms with van der Waals surface area (Å²) in [6, 6.07) is 7.70. The van der Waals surface area contributed by atoms with Gasteiger partial charge in [0.25, 0.3) is 5.91 Å². The lowest BCUT2D eigenvalue weighted by atomic mass is 10.2. The summed E-state index contributed by atoms with van der Waals surface area (Å²) in [5.74, 6) is -0.725. The second kappa shape index (κ2) is 3.85. The fourth-order valence-corrected chi connectivity index (χ4v) is 2.58. The number of halogens is 1. The van der Waals surface area contributed by atoms with Crippen molar-refractivity contribution in [3.63, 3.8) is 0 Å². The van der Waals surface area contributed by atoms with E-state index >= 15 is 0 Å². The van der Waals surface area contributed by atoms with E-state index in [1.54, 1.807) is 24.4 Å². The minimum absolute atomic E-state index is 0.307. The highest BCUT2D eigenvalue weighted by Gasteiger charge is 2.20. The lowest BCUT2D eigenvalue weighted by Crippen LogP contribution is -2.11. The monoisotopic (exact) mass is 246 g/mol. The zero-order valence-corrected chi connectivity index (χ0v) is 9.42. The molecule has 5 heteroatoms. The molecule has 0 fully saturated rings. The molecule has 2 aromatic rings. The van der Waals surface area contributed by atoms with E-state index in [4.69, 9.17) is 0 Å². The molecule has 1 aromatic heterocycles. The molecule has 1 N–H and O–H groups in total. The van der Waals surface area contributed by atoms with Crippen LogP contribution in [0.4, 0.5) is 10.1 Å². The van der Waals surface area contributed by atoms with Gasteiger partial charge in [-0.3, -0.25) is 4.79 Å². The van der Waals surface area contributed by atoms with Crippen molar-refractivity contribution < 1.29 is 9.18 Å². The maximum atomic E-state index is 13.1. The largest absolute Gasteiger partial charge is 0.320 e. The highest BCUT2D eigenvalue weighted by Crippen LogP contribution is 2.37. The first-order valence-electron chi connectivity index (χ1n) is 4.98. The number of hydrogen-bond donors (Lipinski definition) is 1. The van der Waals surface area contributed by atoms with Crippen molar-refractivity contribution in [2.45, 2.75) is 9.92 Å². The maximum Gasteiger partial charge on any atom is 0.256 e. The van der Waals surface area contributed by atoms with Gasteiger partial charge in [-0.2, -0.15) is 0 Å². The zero-order chi connectivity index (χ0) is 11.8. The average molecular weight is 246 g/mol. The number of carbonyl (C=O) groups is 1. The van der Waals surface area contributed by atoms with Crippen LogP contribution >= 0.6 is 11.8 Å². The van der Waals surface area contributed by atoms with Crippen molar-refractivity contribution in [3.8, 4) is 0 Å². The number of carbonyl (C=O) groups excluding carboxylic acids is 1. The number of aromatic nitrogens is 1. The maximum absolute atomic E-state index is 13.1. The molecule has 3 rings (SSSR count). The summed E-state index contributed by atoms with van der Waals surface area (Å²) in [4.78, 5) is 16.8. The van der Waals surface area contributed by atoms with Crippen molar-refractivity contribution in [2.24, 2.45) is 0 Å². The Morgan fingerprint density at radius 1 is 1.29 bits per heavy atom. The van der Waals surface area contributed by atoms with E-state index in [0.29, 0.717) is 21.2 Å². The average Bonchev–Trinajstić information content (AvgIpc) is 2.46. The molecule has 0 saturated carbocycles. The summed E-state index contributed by atoms with van der Waals surface area (Å²) in [7, 11) is 0. The van der Waals surface area contributed by atoms with E-state index in [1.807, 2.05) is 0 Å². The van der Waals surface area contributed by atoms with Crippen LogP contribution in [0.5, 0.6) is 0 Å². The molecule has 1 amide bonds. The van der Waals surface area contributed by atoms with Crippen LogP contribution in [-0.4, -0.2) is 10.9 Å². The Bertz CT molecular complexity index is 615. The van der Waals surface area contributed by atoms with Gasteiger partial charge in [0.05, 0.1) is 11.3 Å². The van der Waals surface area contributed by atoms with E-state index in [9.17, 15) is 9.18 Å². The van der Waals surface area contributed by atoms with Crippen LogP contribution in [0.25, 0.3) is 0 Å². The SMILES string of the molecule is O=C1Nc2cccnc2Sc2ccc(F)cc21. The summed E-state index contributed by atoms with van der Waals surface area (Å²) < 4.78 is 13.1. The number of fused-ring (bicyclic) bond motifs is 2. The summed E-state index contributed by atoms with van der Waals surface area (Å²) >= 11 is 1.35. The van der Waals surface area contributed by atoms with Gasteiger partial charge in [0, 0.05) is 11.1 Å². The van der Waals surface area contributed by atoms with Crippen molar-refractivity contribution in [1.82, 2.24) is 4.98 Å². The number of nitrogens with zero attached hydrogens (tertiary/aromatic N) is 1. The molecule has 1 aliphatic heterocycles. The predicted octanol–water partition coefficient (Wildman–Crippen LogP) is 2.94. The van der Waals surface area contributed by atoms with Crippen LogP contribution in [-0.2, 0) is 0 Å². The third-order valence-electron chi connectivity index (χ3n) is 2.41. The number of anilines is 1. The van der Waals surface area contributed by atoms with Crippen LogP contribution in [0, 0.1) is 5.82 Å². The van der Waals surface area contributed by atoms with Gasteiger partial charge < -0.3 is 5.32 Å². The molecule has 84 valence electrons. The van der Waals surface area contributed by atoms with Crippen molar-refractivity contribution in [3.05, 3.63) is 47.9 Å². The summed E-state index contributed by atoms with van der Waals surface area (Å²) in [5.41, 5.74) is 0.993. The lowest BCUT2D eigenvalue weighted by Gasteiger charge is -2.02. The van der Waals surface area contributed by atoms with Crippen molar-refractivity contribution >= 4 is 23.4 Å². The second-order valence-electron chi connectivity index (χ2n) is 3.55. The van der Waals surface area contributed by atoms with Crippen LogP contribution in [0.3, 0.4) is 0 Å². The van der Waals surface area contributed by atoms with Crippen LogP contribution in [0.15, 0.2) is 46.5 Å². The topological polar surface area (TPSA) is 42.0 Å². The molecule has 0 bridgehead atoms. The smallest absolute Gasteiger partial charge is 0.256 e. The molecule has 0 spiro atoms. The van der Waals surface area contributed by atoms with Crippen LogP contribution in [0.2, 0.25) is 0 Å². The van der Waals surface area contributed by atoms with Gasteiger partial charge in [0.2, 0.25) is 0 Å². The number of amides is 1. The first kappa shape index (κ1) is 10.3. The molecule has 17 heavy (non-hydrogen) atoms. The van der Waals surface area contributed by atoms with Crippen molar-refractivity contribution in [1.29, 1.82) is 0 Å². The fraction of sp³-hybridized carbons (Fsp3) is 0. The number of nitrogens with one attached hydrogen (secondary N) is 1. The van der Waals surface area contributed by atoms with E-state index < -0.39 is 5.82 Å². The molecule has 0 radical (unpaired) electrons. The van der Waals surface area contributed by atoms with Gasteiger partial charge >= 0.3 is 0 Å². The Morgan fingerprint density at radius 3 is 3.06 bits per heavy atom. The van der Waals surface area contributed by atoms with E-state index in [0.717, 1.165) is 0 Å². The Kier molecular flexibility index (Phi) is 2.33. The van der Waals surface area contributed by atoms with Crippen molar-refractivity contribution in [2.75, 3.05) is 5.32 Å². The highest BCUT2D eigenvalue weighted by atomic mass is 32.2. The summed E-state index contributed by atoms with van der Waals surface area (Å²) in [6.07, 6.45) is 1.66. The number of hydrogen-bond acceptors (Lipinski definition) is 3. The zero-order valence-electron chi connectivity index (χ0n) is 8.61. The minimum Gasteiger partial charge on any atom is -0.320 e. The molecular formula is C12H7FN2OS. The number of benzene rings is 1. The molecule has 0 unspecified atom stereocenters. The van der Waals surface area contributed by atoms with Gasteiger partial charge in [-0.25, -0.2) is 9.37 Å². The van der Waals surface area contributed by atoms with Gasteiger partial charge in [-0.1, -0.05) is 11.8 Å². The molecule has 3 nitrogen and oxygen atoms in total. The molecule has 0 atom stereocenters. The Hall–Kier alpha value is -1.88. The van der Waals surface area contributed by atoms with E-state index in [2.05, 4.69) is 10.3 Å². The molecule has 0 aliphatic carbocycles. The highest BCUT2D eigenvalue weighted by molar-refractivity contribution is 7.99. The first-order chi connectivity index (χ1) is 8.24. The van der Waals surface area contributed by atoms with Crippen LogP contribution in [0.1, 0.15) is 10.4 Å². The van der Waals surface area contributed by atoms with Gasteiger partial charge in [-0.15, -0.1) is 0 Å². The minimum atomic E-state index is -0.418. The molecule has 1 aliphatic rings. The lowest BCUT2D eigenvalue weighted by molar-refractivity contribution is 0.102. The molecular weight excluding hydrogens is 239 g/mol. The Labute approximate surface area is 101 Å². The van der Waals surface area contributed by atoms with E-state index in [1.165, 1.54) is 23.9 Å².